The molecule has 3 amide bonds. The van der Waals surface area contributed by atoms with Gasteiger partial charge in [-0.3, -0.25) is 19.4 Å². The molecular weight excluding hydrogens is 438 g/mol. The van der Waals surface area contributed by atoms with Crippen molar-refractivity contribution < 1.29 is 24.3 Å². The van der Waals surface area contributed by atoms with Gasteiger partial charge in [-0.2, -0.15) is 11.8 Å². The molecule has 0 aromatic carbocycles. The molecule has 0 bridgehead atoms. The summed E-state index contributed by atoms with van der Waals surface area (Å²) in [6, 6.07) is -2.76. The van der Waals surface area contributed by atoms with Gasteiger partial charge in [0.1, 0.15) is 12.1 Å². The molecule has 0 radical (unpaired) electrons. The molecule has 0 aliphatic rings. The van der Waals surface area contributed by atoms with Gasteiger partial charge in [-0.25, -0.2) is 4.79 Å². The number of aliphatic imine (C=N–C) groups is 1. The minimum atomic E-state index is -1.14. The smallest absolute Gasteiger partial charge is 0.326 e. The van der Waals surface area contributed by atoms with Crippen LogP contribution in [0.4, 0.5) is 0 Å². The zero-order valence-electron chi connectivity index (χ0n) is 18.9. The van der Waals surface area contributed by atoms with Crippen molar-refractivity contribution in [2.45, 2.75) is 57.7 Å². The fraction of sp³-hybridized carbons (Fsp3) is 0.737. The molecule has 3 atom stereocenters. The van der Waals surface area contributed by atoms with Gasteiger partial charge in [-0.1, -0.05) is 13.8 Å². The van der Waals surface area contributed by atoms with Gasteiger partial charge in [0.15, 0.2) is 5.96 Å². The highest BCUT2D eigenvalue weighted by Gasteiger charge is 2.25. The third-order valence-electron chi connectivity index (χ3n) is 4.31. The first-order chi connectivity index (χ1) is 15.0. The van der Waals surface area contributed by atoms with Crippen LogP contribution in [-0.2, 0) is 19.2 Å². The molecule has 13 heteroatoms. The predicted molar refractivity (Wildman–Crippen MR) is 125 cm³/mol. The maximum atomic E-state index is 12.6. The average molecular weight is 476 g/mol. The van der Waals surface area contributed by atoms with E-state index in [0.29, 0.717) is 31.6 Å². The Bertz CT molecular complexity index is 656. The van der Waals surface area contributed by atoms with Crippen LogP contribution >= 0.6 is 11.8 Å². The number of hydrogen-bond acceptors (Lipinski definition) is 7. The maximum absolute atomic E-state index is 12.6. The molecule has 0 saturated carbocycles. The summed E-state index contributed by atoms with van der Waals surface area (Å²) in [4.78, 5) is 52.0. The Morgan fingerprint density at radius 2 is 1.69 bits per heavy atom. The molecule has 0 aromatic heterocycles. The molecule has 184 valence electrons. The Morgan fingerprint density at radius 3 is 2.22 bits per heavy atom. The van der Waals surface area contributed by atoms with E-state index in [4.69, 9.17) is 17.2 Å². The van der Waals surface area contributed by atoms with Gasteiger partial charge in [0.2, 0.25) is 17.7 Å². The molecule has 0 aliphatic heterocycles. The second-order valence-electron chi connectivity index (χ2n) is 7.70. The van der Waals surface area contributed by atoms with Gasteiger partial charge in [-0.05, 0) is 43.6 Å². The maximum Gasteiger partial charge on any atom is 0.326 e. The molecule has 10 N–H and O–H groups in total. The lowest BCUT2D eigenvalue weighted by Crippen LogP contribution is -2.53. The molecule has 0 heterocycles. The Kier molecular flexibility index (Phi) is 14.9. The Labute approximate surface area is 192 Å². The third kappa shape index (κ3) is 13.7. The van der Waals surface area contributed by atoms with Gasteiger partial charge >= 0.3 is 5.97 Å². The minimum absolute atomic E-state index is 0.0420. The number of guanidine groups is 1. The van der Waals surface area contributed by atoms with Gasteiger partial charge in [0, 0.05) is 6.54 Å². The lowest BCUT2D eigenvalue weighted by Gasteiger charge is -2.22. The van der Waals surface area contributed by atoms with Gasteiger partial charge in [0.05, 0.1) is 12.6 Å². The van der Waals surface area contributed by atoms with Crippen molar-refractivity contribution in [3.63, 3.8) is 0 Å². The highest BCUT2D eigenvalue weighted by Crippen LogP contribution is 2.06. The number of carboxylic acid groups (broad SMARTS) is 1. The van der Waals surface area contributed by atoms with E-state index in [1.54, 1.807) is 0 Å². The SMILES string of the molecule is CSCCC(NC(=O)CNC(=O)C(CC(C)C)NC(=O)C(N)CCCN=C(N)N)C(=O)O. The number of thioether (sulfide) groups is 1. The first-order valence-electron chi connectivity index (χ1n) is 10.4. The molecule has 3 unspecified atom stereocenters. The van der Waals surface area contributed by atoms with E-state index in [0.717, 1.165) is 0 Å². The van der Waals surface area contributed by atoms with E-state index in [9.17, 15) is 24.3 Å². The van der Waals surface area contributed by atoms with E-state index in [1.807, 2.05) is 20.1 Å². The lowest BCUT2D eigenvalue weighted by molar-refractivity contribution is -0.141. The summed E-state index contributed by atoms with van der Waals surface area (Å²) >= 11 is 1.47. The van der Waals surface area contributed by atoms with Crippen LogP contribution in [0.1, 0.15) is 39.5 Å². The Balaban J connectivity index is 4.76. The van der Waals surface area contributed by atoms with Gasteiger partial charge in [-0.15, -0.1) is 0 Å². The van der Waals surface area contributed by atoms with E-state index in [-0.39, 0.29) is 18.3 Å². The van der Waals surface area contributed by atoms with Crippen LogP contribution < -0.4 is 33.2 Å². The molecule has 0 aromatic rings. The van der Waals surface area contributed by atoms with E-state index in [2.05, 4.69) is 20.9 Å². The first-order valence-corrected chi connectivity index (χ1v) is 11.8. The molecular formula is C19H37N7O5S. The van der Waals surface area contributed by atoms with Crippen molar-refractivity contribution in [1.82, 2.24) is 16.0 Å². The van der Waals surface area contributed by atoms with Crippen LogP contribution in [-0.4, -0.2) is 78.0 Å². The van der Waals surface area contributed by atoms with Crippen LogP contribution in [0.25, 0.3) is 0 Å². The minimum Gasteiger partial charge on any atom is -0.480 e. The average Bonchev–Trinajstić information content (AvgIpc) is 2.70. The monoisotopic (exact) mass is 475 g/mol. The highest BCUT2D eigenvalue weighted by molar-refractivity contribution is 7.98. The molecule has 0 fully saturated rings. The van der Waals surface area contributed by atoms with E-state index < -0.39 is 48.4 Å². The van der Waals surface area contributed by atoms with Crippen molar-refractivity contribution in [1.29, 1.82) is 0 Å². The number of carboxylic acids is 1. The zero-order valence-corrected chi connectivity index (χ0v) is 19.7. The fourth-order valence-electron chi connectivity index (χ4n) is 2.66. The van der Waals surface area contributed by atoms with Crippen molar-refractivity contribution in [2.75, 3.05) is 25.1 Å². The third-order valence-corrected chi connectivity index (χ3v) is 4.96. The van der Waals surface area contributed by atoms with Crippen molar-refractivity contribution in [3.8, 4) is 0 Å². The molecule has 0 saturated heterocycles. The quantitative estimate of drug-likeness (QED) is 0.0771. The Morgan fingerprint density at radius 1 is 1.03 bits per heavy atom. The Hall–Kier alpha value is -2.54. The number of nitrogens with two attached hydrogens (primary N) is 3. The lowest BCUT2D eigenvalue weighted by atomic mass is 10.0. The first kappa shape index (κ1) is 29.5. The number of carbonyl (C=O) groups is 4. The summed E-state index contributed by atoms with van der Waals surface area (Å²) < 4.78 is 0. The van der Waals surface area contributed by atoms with Crippen LogP contribution in [0.2, 0.25) is 0 Å². The summed E-state index contributed by atoms with van der Waals surface area (Å²) in [5.41, 5.74) is 16.4. The normalized spacial score (nSPS) is 13.5. The highest BCUT2D eigenvalue weighted by atomic mass is 32.2. The number of carbonyl (C=O) groups excluding carboxylic acids is 3. The van der Waals surface area contributed by atoms with Gasteiger partial charge in [0.25, 0.3) is 0 Å². The standard InChI is InChI=1S/C19H37N7O5S/c1-11(2)9-14(26-16(28)12(20)5-4-7-23-19(21)22)17(29)24-10-15(27)25-13(18(30)31)6-8-32-3/h11-14H,4-10,20H2,1-3H3,(H,24,29)(H,25,27)(H,26,28)(H,30,31)(H4,21,22,23). The second-order valence-corrected chi connectivity index (χ2v) is 8.69. The van der Waals surface area contributed by atoms with Crippen LogP contribution in [0.3, 0.4) is 0 Å². The molecule has 0 rings (SSSR count). The molecule has 0 aliphatic carbocycles. The van der Waals surface area contributed by atoms with Crippen molar-refractivity contribution in [2.24, 2.45) is 28.1 Å². The number of nitrogens with one attached hydrogen (secondary N) is 3. The number of aliphatic carboxylic acids is 1. The number of nitrogens with zero attached hydrogens (tertiary/aromatic N) is 1. The largest absolute Gasteiger partial charge is 0.480 e. The van der Waals surface area contributed by atoms with E-state index in [1.165, 1.54) is 11.8 Å². The molecule has 32 heavy (non-hydrogen) atoms. The molecule has 12 nitrogen and oxygen atoms in total. The molecule has 0 spiro atoms. The number of amides is 3. The van der Waals surface area contributed by atoms with Gasteiger partial charge < -0.3 is 38.3 Å². The summed E-state index contributed by atoms with van der Waals surface area (Å²) in [5.74, 6) is -2.21. The van der Waals surface area contributed by atoms with Crippen LogP contribution in [0.15, 0.2) is 4.99 Å². The summed E-state index contributed by atoms with van der Waals surface area (Å²) in [6.45, 7) is 3.70. The summed E-state index contributed by atoms with van der Waals surface area (Å²) in [6.07, 6.45) is 3.26. The van der Waals surface area contributed by atoms with Crippen LogP contribution in [0, 0.1) is 5.92 Å². The summed E-state index contributed by atoms with van der Waals surface area (Å²) in [7, 11) is 0. The number of rotatable bonds is 16. The predicted octanol–water partition coefficient (Wildman–Crippen LogP) is -1.66. The van der Waals surface area contributed by atoms with Crippen molar-refractivity contribution in [3.05, 3.63) is 0 Å². The number of hydrogen-bond donors (Lipinski definition) is 7. The second kappa shape index (κ2) is 16.1. The fourth-order valence-corrected chi connectivity index (χ4v) is 3.13. The summed E-state index contributed by atoms with van der Waals surface area (Å²) in [5, 5.41) is 16.6. The topological polar surface area (TPSA) is 215 Å². The zero-order chi connectivity index (χ0) is 24.7. The van der Waals surface area contributed by atoms with Crippen molar-refractivity contribution >= 4 is 41.4 Å². The van der Waals surface area contributed by atoms with E-state index >= 15 is 0 Å². The van der Waals surface area contributed by atoms with Crippen LogP contribution in [0.5, 0.6) is 0 Å².